The minimum absolute atomic E-state index is 0.156. The molecule has 0 amide bonds. The second-order valence-electron chi connectivity index (χ2n) is 4.73. The molecule has 5 heteroatoms. The molecule has 0 saturated heterocycles. The molecule has 1 aromatic carbocycles. The number of carbonyl (C=O) groups is 1. The number of aromatic nitrogens is 1. The van der Waals surface area contributed by atoms with Crippen molar-refractivity contribution in [2.24, 2.45) is 0 Å². The molecule has 2 aromatic rings. The smallest absolute Gasteiger partial charge is 0.335 e. The second-order valence-corrected chi connectivity index (χ2v) is 5.11. The SMILES string of the molecule is O=C(O)c1cc(Cl)nc(N2CCCc3ccccc32)c1. The van der Waals surface area contributed by atoms with Crippen LogP contribution in [-0.2, 0) is 6.42 Å². The van der Waals surface area contributed by atoms with Crippen LogP contribution in [0.3, 0.4) is 0 Å². The van der Waals surface area contributed by atoms with Crippen molar-refractivity contribution in [2.45, 2.75) is 12.8 Å². The number of hydrogen-bond donors (Lipinski definition) is 1. The molecule has 1 aliphatic heterocycles. The van der Waals surface area contributed by atoms with E-state index in [4.69, 9.17) is 16.7 Å². The molecular formula is C15H13ClN2O2. The van der Waals surface area contributed by atoms with Gasteiger partial charge < -0.3 is 10.0 Å². The summed E-state index contributed by atoms with van der Waals surface area (Å²) >= 11 is 5.94. The van der Waals surface area contributed by atoms with Gasteiger partial charge in [0.2, 0.25) is 0 Å². The van der Waals surface area contributed by atoms with Gasteiger partial charge in [-0.3, -0.25) is 0 Å². The minimum atomic E-state index is -0.999. The molecule has 4 nitrogen and oxygen atoms in total. The molecule has 0 aliphatic carbocycles. The number of carboxylic acids is 1. The van der Waals surface area contributed by atoms with Crippen LogP contribution in [0.5, 0.6) is 0 Å². The Kier molecular flexibility index (Phi) is 3.32. The average Bonchev–Trinajstić information content (AvgIpc) is 2.46. The van der Waals surface area contributed by atoms with Gasteiger partial charge in [0.1, 0.15) is 11.0 Å². The molecule has 0 atom stereocenters. The number of pyridine rings is 1. The summed E-state index contributed by atoms with van der Waals surface area (Å²) in [4.78, 5) is 17.4. The Morgan fingerprint density at radius 1 is 1.30 bits per heavy atom. The molecule has 2 heterocycles. The van der Waals surface area contributed by atoms with E-state index < -0.39 is 5.97 Å². The van der Waals surface area contributed by atoms with Crippen molar-refractivity contribution < 1.29 is 9.90 Å². The number of carboxylic acid groups (broad SMARTS) is 1. The molecule has 20 heavy (non-hydrogen) atoms. The van der Waals surface area contributed by atoms with Crippen molar-refractivity contribution in [1.82, 2.24) is 4.98 Å². The van der Waals surface area contributed by atoms with Crippen LogP contribution in [0.4, 0.5) is 11.5 Å². The van der Waals surface area contributed by atoms with Crippen LogP contribution < -0.4 is 4.90 Å². The van der Waals surface area contributed by atoms with Crippen LogP contribution >= 0.6 is 11.6 Å². The number of aryl methyl sites for hydroxylation is 1. The molecule has 3 rings (SSSR count). The summed E-state index contributed by atoms with van der Waals surface area (Å²) in [5.41, 5.74) is 2.48. The summed E-state index contributed by atoms with van der Waals surface area (Å²) in [7, 11) is 0. The first kappa shape index (κ1) is 12.9. The van der Waals surface area contributed by atoms with Crippen molar-refractivity contribution in [3.8, 4) is 0 Å². The maximum Gasteiger partial charge on any atom is 0.335 e. The molecular weight excluding hydrogens is 276 g/mol. The number of benzene rings is 1. The lowest BCUT2D eigenvalue weighted by Crippen LogP contribution is -2.25. The Hall–Kier alpha value is -2.07. The van der Waals surface area contributed by atoms with E-state index in [0.29, 0.717) is 5.82 Å². The zero-order valence-corrected chi connectivity index (χ0v) is 11.5. The molecule has 1 N–H and O–H groups in total. The Morgan fingerprint density at radius 3 is 2.90 bits per heavy atom. The first-order chi connectivity index (χ1) is 9.65. The van der Waals surface area contributed by atoms with Crippen molar-refractivity contribution in [2.75, 3.05) is 11.4 Å². The lowest BCUT2D eigenvalue weighted by Gasteiger charge is -2.30. The quantitative estimate of drug-likeness (QED) is 0.859. The van der Waals surface area contributed by atoms with E-state index in [0.717, 1.165) is 25.1 Å². The highest BCUT2D eigenvalue weighted by molar-refractivity contribution is 6.29. The zero-order valence-electron chi connectivity index (χ0n) is 10.7. The number of hydrogen-bond acceptors (Lipinski definition) is 3. The van der Waals surface area contributed by atoms with Crippen molar-refractivity contribution in [3.63, 3.8) is 0 Å². The first-order valence-electron chi connectivity index (χ1n) is 6.41. The average molecular weight is 289 g/mol. The molecule has 0 spiro atoms. The van der Waals surface area contributed by atoms with Gasteiger partial charge >= 0.3 is 5.97 Å². The molecule has 0 bridgehead atoms. The molecule has 1 aromatic heterocycles. The molecule has 0 radical (unpaired) electrons. The van der Waals surface area contributed by atoms with Crippen LogP contribution in [0.25, 0.3) is 0 Å². The number of anilines is 2. The fourth-order valence-corrected chi connectivity index (χ4v) is 2.72. The number of rotatable bonds is 2. The second kappa shape index (κ2) is 5.13. The van der Waals surface area contributed by atoms with E-state index in [1.807, 2.05) is 23.1 Å². The van der Waals surface area contributed by atoms with Gasteiger partial charge in [-0.05, 0) is 36.6 Å². The highest BCUT2D eigenvalue weighted by Crippen LogP contribution is 2.33. The van der Waals surface area contributed by atoms with Crippen LogP contribution in [0.2, 0.25) is 5.15 Å². The van der Waals surface area contributed by atoms with Crippen LogP contribution in [0.15, 0.2) is 36.4 Å². The van der Waals surface area contributed by atoms with Gasteiger partial charge in [0, 0.05) is 12.2 Å². The maximum absolute atomic E-state index is 11.1. The third-order valence-electron chi connectivity index (χ3n) is 3.41. The maximum atomic E-state index is 11.1. The van der Waals surface area contributed by atoms with Crippen LogP contribution in [-0.4, -0.2) is 22.6 Å². The standard InChI is InChI=1S/C15H13ClN2O2/c16-13-8-11(15(19)20)9-14(17-13)18-7-3-5-10-4-1-2-6-12(10)18/h1-2,4,6,8-9H,3,5,7H2,(H,19,20). The lowest BCUT2D eigenvalue weighted by atomic mass is 10.0. The Labute approximate surface area is 121 Å². The third-order valence-corrected chi connectivity index (χ3v) is 3.61. The number of nitrogens with zero attached hydrogens (tertiary/aromatic N) is 2. The Morgan fingerprint density at radius 2 is 2.10 bits per heavy atom. The number of fused-ring (bicyclic) bond motifs is 1. The van der Waals surface area contributed by atoms with Gasteiger partial charge in [-0.25, -0.2) is 9.78 Å². The summed E-state index contributed by atoms with van der Waals surface area (Å²) in [6.07, 6.45) is 2.03. The van der Waals surface area contributed by atoms with Gasteiger partial charge in [0.15, 0.2) is 0 Å². The largest absolute Gasteiger partial charge is 0.478 e. The summed E-state index contributed by atoms with van der Waals surface area (Å²) in [5, 5.41) is 9.32. The van der Waals surface area contributed by atoms with Gasteiger partial charge in [-0.1, -0.05) is 29.8 Å². The topological polar surface area (TPSA) is 53.4 Å². The number of aromatic carboxylic acids is 1. The molecule has 102 valence electrons. The minimum Gasteiger partial charge on any atom is -0.478 e. The highest BCUT2D eigenvalue weighted by Gasteiger charge is 2.20. The summed E-state index contributed by atoms with van der Waals surface area (Å²) in [5.74, 6) is -0.414. The number of para-hydroxylation sites is 1. The summed E-state index contributed by atoms with van der Waals surface area (Å²) in [6, 6.07) is 11.0. The number of halogens is 1. The van der Waals surface area contributed by atoms with E-state index in [-0.39, 0.29) is 10.7 Å². The molecule has 0 unspecified atom stereocenters. The van der Waals surface area contributed by atoms with E-state index in [9.17, 15) is 4.79 Å². The van der Waals surface area contributed by atoms with Gasteiger partial charge in [-0.2, -0.15) is 0 Å². The van der Waals surface area contributed by atoms with Crippen LogP contribution in [0, 0.1) is 0 Å². The van der Waals surface area contributed by atoms with E-state index in [1.54, 1.807) is 6.07 Å². The highest BCUT2D eigenvalue weighted by atomic mass is 35.5. The van der Waals surface area contributed by atoms with Crippen molar-refractivity contribution >= 4 is 29.1 Å². The van der Waals surface area contributed by atoms with E-state index in [1.165, 1.54) is 11.6 Å². The van der Waals surface area contributed by atoms with E-state index >= 15 is 0 Å². The molecule has 0 saturated carbocycles. The van der Waals surface area contributed by atoms with Gasteiger partial charge in [0.05, 0.1) is 5.56 Å². The third kappa shape index (κ3) is 2.34. The van der Waals surface area contributed by atoms with Crippen LogP contribution in [0.1, 0.15) is 22.3 Å². The monoisotopic (exact) mass is 288 g/mol. The molecule has 0 fully saturated rings. The predicted molar refractivity (Wildman–Crippen MR) is 78.0 cm³/mol. The fourth-order valence-electron chi connectivity index (χ4n) is 2.52. The zero-order chi connectivity index (χ0) is 14.1. The van der Waals surface area contributed by atoms with Crippen molar-refractivity contribution in [1.29, 1.82) is 0 Å². The summed E-state index contributed by atoms with van der Waals surface area (Å²) < 4.78 is 0. The van der Waals surface area contributed by atoms with Gasteiger partial charge in [-0.15, -0.1) is 0 Å². The fraction of sp³-hybridized carbons (Fsp3) is 0.200. The predicted octanol–water partition coefficient (Wildman–Crippen LogP) is 3.52. The Balaban J connectivity index is 2.08. The van der Waals surface area contributed by atoms with Crippen molar-refractivity contribution in [3.05, 3.63) is 52.7 Å². The lowest BCUT2D eigenvalue weighted by molar-refractivity contribution is 0.0697. The normalized spacial score (nSPS) is 13.9. The van der Waals surface area contributed by atoms with Gasteiger partial charge in [0.25, 0.3) is 0 Å². The summed E-state index contributed by atoms with van der Waals surface area (Å²) in [6.45, 7) is 0.809. The first-order valence-corrected chi connectivity index (χ1v) is 6.79. The Bertz CT molecular complexity index is 673. The molecule has 1 aliphatic rings. The van der Waals surface area contributed by atoms with E-state index in [2.05, 4.69) is 11.1 Å².